The van der Waals surface area contributed by atoms with Gasteiger partial charge in [-0.15, -0.1) is 0 Å². The van der Waals surface area contributed by atoms with Crippen LogP contribution in [-0.2, 0) is 33.3 Å². The lowest BCUT2D eigenvalue weighted by Gasteiger charge is -2.24. The summed E-state index contributed by atoms with van der Waals surface area (Å²) in [6, 6.07) is 0. The van der Waals surface area contributed by atoms with Crippen molar-refractivity contribution in [1.82, 2.24) is 10.2 Å². The molecule has 31 heavy (non-hydrogen) atoms. The molecule has 0 unspecified atom stereocenters. The molecule has 10 nitrogen and oxygen atoms in total. The normalized spacial score (nSPS) is 14.9. The van der Waals surface area contributed by atoms with Gasteiger partial charge in [-0.05, 0) is 30.9 Å². The van der Waals surface area contributed by atoms with Crippen LogP contribution in [0.3, 0.4) is 0 Å². The average molecular weight is 443 g/mol. The maximum atomic E-state index is 11.3. The SMILES string of the molecule is CNC(=O)CCOCCOCCOCCOC.O=C(O)CN1C(=O)C=CC1=C1CCC1. The highest BCUT2D eigenvalue weighted by Crippen LogP contribution is 2.32. The number of hydrogen-bond donors (Lipinski definition) is 2. The molecule has 10 heteroatoms. The molecule has 0 aromatic rings. The molecule has 2 rings (SSSR count). The first-order valence-electron chi connectivity index (χ1n) is 10.4. The van der Waals surface area contributed by atoms with Gasteiger partial charge in [0.25, 0.3) is 5.91 Å². The van der Waals surface area contributed by atoms with Crippen molar-refractivity contribution in [3.63, 3.8) is 0 Å². The van der Waals surface area contributed by atoms with Gasteiger partial charge in [-0.3, -0.25) is 19.3 Å². The maximum absolute atomic E-state index is 11.3. The minimum Gasteiger partial charge on any atom is -0.480 e. The Hall–Kier alpha value is -2.27. The molecule has 2 aliphatic rings. The van der Waals surface area contributed by atoms with E-state index in [2.05, 4.69) is 5.32 Å². The van der Waals surface area contributed by atoms with E-state index in [1.165, 1.54) is 16.5 Å². The smallest absolute Gasteiger partial charge is 0.323 e. The van der Waals surface area contributed by atoms with E-state index in [1.54, 1.807) is 20.2 Å². The number of carboxylic acids is 1. The predicted octanol–water partition coefficient (Wildman–Crippen LogP) is 0.726. The van der Waals surface area contributed by atoms with Gasteiger partial charge >= 0.3 is 5.97 Å². The van der Waals surface area contributed by atoms with E-state index >= 15 is 0 Å². The number of amides is 2. The highest BCUT2D eigenvalue weighted by Gasteiger charge is 2.27. The lowest BCUT2D eigenvalue weighted by atomic mass is 9.90. The minimum atomic E-state index is -0.973. The van der Waals surface area contributed by atoms with Crippen LogP contribution in [0.4, 0.5) is 0 Å². The second-order valence-electron chi connectivity index (χ2n) is 6.75. The molecule has 0 aromatic carbocycles. The number of carbonyl (C=O) groups excluding carboxylic acids is 2. The van der Waals surface area contributed by atoms with Crippen molar-refractivity contribution in [1.29, 1.82) is 0 Å². The molecular weight excluding hydrogens is 408 g/mol. The van der Waals surface area contributed by atoms with Crippen molar-refractivity contribution >= 4 is 17.8 Å². The van der Waals surface area contributed by atoms with Gasteiger partial charge in [0.15, 0.2) is 0 Å². The zero-order chi connectivity index (χ0) is 22.9. The molecule has 0 atom stereocenters. The van der Waals surface area contributed by atoms with E-state index in [9.17, 15) is 14.4 Å². The van der Waals surface area contributed by atoms with Crippen molar-refractivity contribution in [2.45, 2.75) is 25.7 Å². The van der Waals surface area contributed by atoms with Gasteiger partial charge in [0.2, 0.25) is 5.91 Å². The third kappa shape index (κ3) is 11.6. The monoisotopic (exact) mass is 442 g/mol. The molecule has 176 valence electrons. The summed E-state index contributed by atoms with van der Waals surface area (Å²) in [5, 5.41) is 11.2. The highest BCUT2D eigenvalue weighted by molar-refractivity contribution is 5.95. The van der Waals surface area contributed by atoms with E-state index in [0.29, 0.717) is 52.7 Å². The van der Waals surface area contributed by atoms with Crippen molar-refractivity contribution in [3.05, 3.63) is 23.4 Å². The number of methoxy groups -OCH3 is 1. The summed E-state index contributed by atoms with van der Waals surface area (Å²) >= 11 is 0. The summed E-state index contributed by atoms with van der Waals surface area (Å²) in [5.41, 5.74) is 2.01. The van der Waals surface area contributed by atoms with Crippen molar-refractivity contribution in [2.75, 3.05) is 67.0 Å². The molecule has 0 radical (unpaired) electrons. The molecule has 1 heterocycles. The topological polar surface area (TPSA) is 124 Å². The van der Waals surface area contributed by atoms with Gasteiger partial charge in [-0.2, -0.15) is 0 Å². The van der Waals surface area contributed by atoms with Crippen LogP contribution in [0, 0.1) is 0 Å². The lowest BCUT2D eigenvalue weighted by Crippen LogP contribution is -2.31. The standard InChI is InChI=1S/C11H23NO5.C10H11NO3/c1-12-11(13)3-4-15-7-8-17-10-9-16-6-5-14-2;12-9-5-4-8(7-2-1-3-7)11(9)6-10(13)14/h3-10H2,1-2H3,(H,12,13);4-5H,1-3,6H2,(H,13,14). The zero-order valence-electron chi connectivity index (χ0n) is 18.4. The van der Waals surface area contributed by atoms with Crippen molar-refractivity contribution in [2.24, 2.45) is 0 Å². The van der Waals surface area contributed by atoms with Crippen LogP contribution < -0.4 is 5.32 Å². The van der Waals surface area contributed by atoms with E-state index in [-0.39, 0.29) is 18.4 Å². The van der Waals surface area contributed by atoms with Gasteiger partial charge in [0.05, 0.1) is 46.2 Å². The molecule has 2 N–H and O–H groups in total. The highest BCUT2D eigenvalue weighted by atomic mass is 16.6. The van der Waals surface area contributed by atoms with E-state index in [1.807, 2.05) is 0 Å². The van der Waals surface area contributed by atoms with Crippen LogP contribution in [0.25, 0.3) is 0 Å². The number of rotatable bonds is 14. The van der Waals surface area contributed by atoms with Gasteiger partial charge in [-0.1, -0.05) is 0 Å². The third-order valence-corrected chi connectivity index (χ3v) is 4.48. The molecule has 1 fully saturated rings. The molecular formula is C21H34N2O8. The average Bonchev–Trinajstić information content (AvgIpc) is 3.04. The Morgan fingerprint density at radius 2 is 1.58 bits per heavy atom. The number of carboxylic acid groups (broad SMARTS) is 1. The predicted molar refractivity (Wildman–Crippen MR) is 112 cm³/mol. The summed E-state index contributed by atoms with van der Waals surface area (Å²) in [6.07, 6.45) is 6.66. The Bertz CT molecular complexity index is 627. The molecule has 1 saturated carbocycles. The quantitative estimate of drug-likeness (QED) is 0.377. The van der Waals surface area contributed by atoms with Crippen LogP contribution in [0.1, 0.15) is 25.7 Å². The molecule has 1 aliphatic carbocycles. The molecule has 0 saturated heterocycles. The fourth-order valence-corrected chi connectivity index (χ4v) is 2.64. The maximum Gasteiger partial charge on any atom is 0.323 e. The largest absolute Gasteiger partial charge is 0.480 e. The lowest BCUT2D eigenvalue weighted by molar-refractivity contribution is -0.141. The summed E-state index contributed by atoms with van der Waals surface area (Å²) in [5.74, 6) is -1.21. The van der Waals surface area contributed by atoms with Gasteiger partial charge in [0.1, 0.15) is 6.54 Å². The fourth-order valence-electron chi connectivity index (χ4n) is 2.64. The number of nitrogens with one attached hydrogen (secondary N) is 1. The summed E-state index contributed by atoms with van der Waals surface area (Å²) < 4.78 is 20.5. The van der Waals surface area contributed by atoms with Crippen molar-refractivity contribution < 1.29 is 38.4 Å². The zero-order valence-corrected chi connectivity index (χ0v) is 18.4. The van der Waals surface area contributed by atoms with E-state index < -0.39 is 5.97 Å². The number of allylic oxidation sites excluding steroid dienone is 2. The molecule has 0 bridgehead atoms. The Morgan fingerprint density at radius 1 is 1.00 bits per heavy atom. The van der Waals surface area contributed by atoms with Crippen molar-refractivity contribution in [3.8, 4) is 0 Å². The Morgan fingerprint density at radius 3 is 2.06 bits per heavy atom. The fraction of sp³-hybridized carbons (Fsp3) is 0.667. The number of nitrogens with zero attached hydrogens (tertiary/aromatic N) is 1. The van der Waals surface area contributed by atoms with Gasteiger partial charge < -0.3 is 29.4 Å². The van der Waals surface area contributed by atoms with E-state index in [0.717, 1.165) is 25.0 Å². The first kappa shape index (κ1) is 26.8. The number of hydrogen-bond acceptors (Lipinski definition) is 7. The van der Waals surface area contributed by atoms with Crippen LogP contribution in [0.5, 0.6) is 0 Å². The Labute approximate surface area is 183 Å². The third-order valence-electron chi connectivity index (χ3n) is 4.48. The summed E-state index contributed by atoms with van der Waals surface area (Å²) in [6.45, 7) is 3.49. The van der Waals surface area contributed by atoms with Crippen LogP contribution >= 0.6 is 0 Å². The second-order valence-corrected chi connectivity index (χ2v) is 6.75. The number of ether oxygens (including phenoxy) is 4. The Balaban J connectivity index is 0.000000314. The second kappa shape index (κ2) is 16.4. The van der Waals surface area contributed by atoms with Crippen LogP contribution in [0.2, 0.25) is 0 Å². The van der Waals surface area contributed by atoms with Gasteiger partial charge in [-0.25, -0.2) is 0 Å². The number of carbonyl (C=O) groups is 3. The molecule has 0 spiro atoms. The van der Waals surface area contributed by atoms with Crippen LogP contribution in [-0.4, -0.2) is 94.7 Å². The van der Waals surface area contributed by atoms with E-state index in [4.69, 9.17) is 24.1 Å². The molecule has 2 amide bonds. The summed E-state index contributed by atoms with van der Waals surface area (Å²) in [4.78, 5) is 34.0. The first-order chi connectivity index (χ1) is 15.0. The minimum absolute atomic E-state index is 0.0162. The first-order valence-corrected chi connectivity index (χ1v) is 10.4. The molecule has 1 aliphatic heterocycles. The Kier molecular flexibility index (Phi) is 14.2. The molecule has 0 aromatic heterocycles. The summed E-state index contributed by atoms with van der Waals surface area (Å²) in [7, 11) is 3.24. The van der Waals surface area contributed by atoms with Crippen LogP contribution in [0.15, 0.2) is 23.4 Å². The van der Waals surface area contributed by atoms with Gasteiger partial charge in [0, 0.05) is 32.4 Å². The number of aliphatic carboxylic acids is 1.